The number of nitrogens with one attached hydrogen (secondary N) is 2. The number of nitrogens with zero attached hydrogens (tertiary/aromatic N) is 2. The van der Waals surface area contributed by atoms with Gasteiger partial charge in [0.15, 0.2) is 5.96 Å². The van der Waals surface area contributed by atoms with Gasteiger partial charge in [0.1, 0.15) is 0 Å². The van der Waals surface area contributed by atoms with E-state index in [0.717, 1.165) is 43.5 Å². The molecule has 2 saturated carbocycles. The van der Waals surface area contributed by atoms with Crippen LogP contribution in [0.25, 0.3) is 0 Å². The maximum Gasteiger partial charge on any atom is 0.191 e. The van der Waals surface area contributed by atoms with E-state index in [1.54, 1.807) is 0 Å². The fraction of sp³-hybridized carbons (Fsp3) is 0.947. The van der Waals surface area contributed by atoms with Gasteiger partial charge in [0.25, 0.3) is 0 Å². The SMILES string of the molecule is CCNC(=NCC1CCN(C2CC2)C1)NCCCC1CCCC1.I. The van der Waals surface area contributed by atoms with Gasteiger partial charge < -0.3 is 15.5 Å². The Morgan fingerprint density at radius 3 is 2.54 bits per heavy atom. The highest BCUT2D eigenvalue weighted by Gasteiger charge is 2.34. The molecule has 24 heavy (non-hydrogen) atoms. The molecule has 0 bridgehead atoms. The van der Waals surface area contributed by atoms with Gasteiger partial charge in [-0.3, -0.25) is 4.99 Å². The molecule has 0 radical (unpaired) electrons. The third-order valence-corrected chi connectivity index (χ3v) is 5.79. The average molecular weight is 448 g/mol. The second-order valence-corrected chi connectivity index (χ2v) is 7.82. The molecule has 0 aromatic heterocycles. The van der Waals surface area contributed by atoms with Crippen LogP contribution in [-0.4, -0.2) is 49.6 Å². The molecule has 1 saturated heterocycles. The molecule has 1 heterocycles. The lowest BCUT2D eigenvalue weighted by molar-refractivity contribution is 0.315. The molecule has 2 N–H and O–H groups in total. The lowest BCUT2D eigenvalue weighted by Gasteiger charge is -2.15. The van der Waals surface area contributed by atoms with E-state index >= 15 is 0 Å². The predicted octanol–water partition coefficient (Wildman–Crippen LogP) is 3.61. The zero-order chi connectivity index (χ0) is 15.9. The second kappa shape index (κ2) is 10.8. The summed E-state index contributed by atoms with van der Waals surface area (Å²) < 4.78 is 0. The van der Waals surface area contributed by atoms with Gasteiger partial charge in [0.2, 0.25) is 0 Å². The summed E-state index contributed by atoms with van der Waals surface area (Å²) in [4.78, 5) is 7.53. The predicted molar refractivity (Wildman–Crippen MR) is 113 cm³/mol. The number of hydrogen-bond acceptors (Lipinski definition) is 2. The maximum atomic E-state index is 4.85. The number of aliphatic imine (C=N–C) groups is 1. The minimum absolute atomic E-state index is 0. The van der Waals surface area contributed by atoms with Gasteiger partial charge in [-0.25, -0.2) is 0 Å². The fourth-order valence-corrected chi connectivity index (χ4v) is 4.24. The van der Waals surface area contributed by atoms with E-state index in [2.05, 4.69) is 22.5 Å². The van der Waals surface area contributed by atoms with Crippen LogP contribution in [0.3, 0.4) is 0 Å². The van der Waals surface area contributed by atoms with E-state index in [1.165, 1.54) is 70.9 Å². The van der Waals surface area contributed by atoms with E-state index in [4.69, 9.17) is 4.99 Å². The molecular formula is C19H37IN4. The second-order valence-electron chi connectivity index (χ2n) is 7.82. The summed E-state index contributed by atoms with van der Waals surface area (Å²) in [5.41, 5.74) is 0. The Hall–Kier alpha value is -0.0400. The van der Waals surface area contributed by atoms with Crippen molar-refractivity contribution in [3.63, 3.8) is 0 Å². The van der Waals surface area contributed by atoms with Crippen LogP contribution in [0, 0.1) is 11.8 Å². The molecule has 5 heteroatoms. The highest BCUT2D eigenvalue weighted by atomic mass is 127. The molecule has 1 aliphatic heterocycles. The van der Waals surface area contributed by atoms with Crippen LogP contribution in [0.4, 0.5) is 0 Å². The summed E-state index contributed by atoms with van der Waals surface area (Å²) in [6.45, 7) is 7.74. The molecule has 140 valence electrons. The smallest absolute Gasteiger partial charge is 0.191 e. The standard InChI is InChI=1S/C19H36N4.HI/c1-2-20-19(21-12-5-8-16-6-3-4-7-16)22-14-17-11-13-23(15-17)18-9-10-18;/h16-18H,2-15H2,1H3,(H2,20,21,22);1H. The number of hydrogen-bond donors (Lipinski definition) is 2. The van der Waals surface area contributed by atoms with Gasteiger partial charge in [0, 0.05) is 32.2 Å². The number of halogens is 1. The van der Waals surface area contributed by atoms with E-state index in [0.29, 0.717) is 0 Å². The van der Waals surface area contributed by atoms with Crippen molar-refractivity contribution < 1.29 is 0 Å². The third-order valence-electron chi connectivity index (χ3n) is 5.79. The summed E-state index contributed by atoms with van der Waals surface area (Å²) in [7, 11) is 0. The Bertz CT molecular complexity index is 378. The van der Waals surface area contributed by atoms with Crippen LogP contribution in [0.5, 0.6) is 0 Å². The van der Waals surface area contributed by atoms with E-state index < -0.39 is 0 Å². The molecule has 0 aromatic carbocycles. The van der Waals surface area contributed by atoms with Crippen LogP contribution < -0.4 is 10.6 Å². The lowest BCUT2D eigenvalue weighted by atomic mass is 10.0. The van der Waals surface area contributed by atoms with Crippen molar-refractivity contribution in [3.05, 3.63) is 0 Å². The third kappa shape index (κ3) is 6.70. The lowest BCUT2D eigenvalue weighted by Crippen LogP contribution is -2.38. The molecule has 4 nitrogen and oxygen atoms in total. The minimum atomic E-state index is 0. The van der Waals surface area contributed by atoms with Crippen LogP contribution >= 0.6 is 24.0 Å². The number of rotatable bonds is 8. The van der Waals surface area contributed by atoms with Gasteiger partial charge in [0.05, 0.1) is 0 Å². The quantitative estimate of drug-likeness (QED) is 0.258. The summed E-state index contributed by atoms with van der Waals surface area (Å²) in [5.74, 6) is 2.80. The van der Waals surface area contributed by atoms with Gasteiger partial charge in [-0.15, -0.1) is 24.0 Å². The first kappa shape index (κ1) is 20.3. The van der Waals surface area contributed by atoms with E-state index in [9.17, 15) is 0 Å². The van der Waals surface area contributed by atoms with Crippen LogP contribution in [0.2, 0.25) is 0 Å². The zero-order valence-corrected chi connectivity index (χ0v) is 17.8. The van der Waals surface area contributed by atoms with Gasteiger partial charge in [-0.1, -0.05) is 25.7 Å². The van der Waals surface area contributed by atoms with Crippen LogP contribution in [0.1, 0.15) is 64.7 Å². The van der Waals surface area contributed by atoms with Crippen molar-refractivity contribution in [3.8, 4) is 0 Å². The largest absolute Gasteiger partial charge is 0.357 e. The molecule has 1 unspecified atom stereocenters. The first-order valence-electron chi connectivity index (χ1n) is 10.1. The first-order chi connectivity index (χ1) is 11.3. The summed E-state index contributed by atoms with van der Waals surface area (Å²) in [6, 6.07) is 0.922. The normalized spacial score (nSPS) is 25.7. The van der Waals surface area contributed by atoms with Crippen LogP contribution in [0.15, 0.2) is 4.99 Å². The molecule has 0 spiro atoms. The van der Waals surface area contributed by atoms with Crippen molar-refractivity contribution >= 4 is 29.9 Å². The average Bonchev–Trinajstić information content (AvgIpc) is 3.09. The molecule has 3 fully saturated rings. The van der Waals surface area contributed by atoms with Crippen molar-refractivity contribution in [1.82, 2.24) is 15.5 Å². The molecule has 1 atom stereocenters. The molecule has 3 aliphatic rings. The summed E-state index contributed by atoms with van der Waals surface area (Å²) in [6.07, 6.45) is 12.7. The number of guanidine groups is 1. The maximum absolute atomic E-state index is 4.85. The highest BCUT2D eigenvalue weighted by Crippen LogP contribution is 2.31. The molecule has 0 aromatic rings. The zero-order valence-electron chi connectivity index (χ0n) is 15.4. The Kier molecular flexibility index (Phi) is 9.16. The Balaban J connectivity index is 0.00000208. The minimum Gasteiger partial charge on any atom is -0.357 e. The van der Waals surface area contributed by atoms with E-state index in [-0.39, 0.29) is 24.0 Å². The van der Waals surface area contributed by atoms with E-state index in [1.807, 2.05) is 0 Å². The molecule has 0 amide bonds. The van der Waals surface area contributed by atoms with Gasteiger partial charge in [-0.2, -0.15) is 0 Å². The van der Waals surface area contributed by atoms with Crippen molar-refractivity contribution in [2.45, 2.75) is 70.8 Å². The Morgan fingerprint density at radius 2 is 1.83 bits per heavy atom. The monoisotopic (exact) mass is 448 g/mol. The van der Waals surface area contributed by atoms with Gasteiger partial charge in [-0.05, 0) is 57.4 Å². The Labute approximate surface area is 165 Å². The summed E-state index contributed by atoms with van der Waals surface area (Å²) >= 11 is 0. The molecule has 3 rings (SSSR count). The highest BCUT2D eigenvalue weighted by molar-refractivity contribution is 14.0. The molecular weight excluding hydrogens is 411 g/mol. The first-order valence-corrected chi connectivity index (χ1v) is 10.1. The van der Waals surface area contributed by atoms with Crippen molar-refractivity contribution in [2.75, 3.05) is 32.7 Å². The van der Waals surface area contributed by atoms with Crippen molar-refractivity contribution in [1.29, 1.82) is 0 Å². The number of likely N-dealkylation sites (tertiary alicyclic amines) is 1. The summed E-state index contributed by atoms with van der Waals surface area (Å²) in [5, 5.41) is 6.95. The fourth-order valence-electron chi connectivity index (χ4n) is 4.24. The topological polar surface area (TPSA) is 39.7 Å². The van der Waals surface area contributed by atoms with Crippen LogP contribution in [-0.2, 0) is 0 Å². The Morgan fingerprint density at radius 1 is 1.04 bits per heavy atom. The molecule has 2 aliphatic carbocycles. The van der Waals surface area contributed by atoms with Crippen molar-refractivity contribution in [2.24, 2.45) is 16.8 Å². The van der Waals surface area contributed by atoms with Gasteiger partial charge >= 0.3 is 0 Å².